The van der Waals surface area contributed by atoms with E-state index in [-0.39, 0.29) is 17.2 Å². The summed E-state index contributed by atoms with van der Waals surface area (Å²) in [7, 11) is -3.58. The Kier molecular flexibility index (Phi) is 3.44. The van der Waals surface area contributed by atoms with Crippen LogP contribution in [0.2, 0.25) is 0 Å². The Bertz CT molecular complexity index is 711. The van der Waals surface area contributed by atoms with Gasteiger partial charge in [-0.05, 0) is 30.9 Å². The van der Waals surface area contributed by atoms with Crippen molar-refractivity contribution in [2.75, 3.05) is 13.1 Å². The van der Waals surface area contributed by atoms with Crippen LogP contribution in [-0.2, 0) is 14.8 Å². The smallest absolute Gasteiger partial charge is 0.303 e. The molecule has 1 unspecified atom stereocenters. The summed E-state index contributed by atoms with van der Waals surface area (Å²) in [6.07, 6.45) is 1.64. The Hall–Kier alpha value is -1.89. The van der Waals surface area contributed by atoms with E-state index in [1.807, 2.05) is 4.90 Å². The molecule has 2 heterocycles. The van der Waals surface area contributed by atoms with Crippen LogP contribution in [-0.4, -0.2) is 43.3 Å². The van der Waals surface area contributed by atoms with Crippen LogP contribution in [0, 0.1) is 5.92 Å². The van der Waals surface area contributed by atoms with Crippen molar-refractivity contribution in [3.63, 3.8) is 0 Å². The van der Waals surface area contributed by atoms with Crippen LogP contribution in [0.1, 0.15) is 24.8 Å². The standard InChI is InChI=1S/C14H16N2O4S/c17-13(18)6-5-10-7-8-16(9-10)14-11-3-1-2-4-12(11)21(19,20)15-14/h1-4,10H,5-9H2,(H,17,18). The SMILES string of the molecule is O=C(O)CCC1CCN(C2=NS(=O)(=O)c3ccccc32)C1. The van der Waals surface area contributed by atoms with Crippen molar-refractivity contribution in [2.45, 2.75) is 24.2 Å². The average Bonchev–Trinajstić information content (AvgIpc) is 3.00. The van der Waals surface area contributed by atoms with Crippen LogP contribution in [0.5, 0.6) is 0 Å². The van der Waals surface area contributed by atoms with Gasteiger partial charge in [0.1, 0.15) is 4.90 Å². The third kappa shape index (κ3) is 2.65. The van der Waals surface area contributed by atoms with Crippen molar-refractivity contribution in [1.29, 1.82) is 0 Å². The van der Waals surface area contributed by atoms with Crippen molar-refractivity contribution in [2.24, 2.45) is 10.3 Å². The van der Waals surface area contributed by atoms with E-state index in [1.165, 1.54) is 0 Å². The zero-order chi connectivity index (χ0) is 15.0. The van der Waals surface area contributed by atoms with Gasteiger partial charge >= 0.3 is 5.97 Å². The maximum absolute atomic E-state index is 12.0. The van der Waals surface area contributed by atoms with E-state index in [2.05, 4.69) is 4.40 Å². The highest BCUT2D eigenvalue weighted by atomic mass is 32.2. The largest absolute Gasteiger partial charge is 0.481 e. The number of fused-ring (bicyclic) bond motifs is 1. The first kappa shape index (κ1) is 14.1. The van der Waals surface area contributed by atoms with Crippen molar-refractivity contribution in [1.82, 2.24) is 4.90 Å². The Morgan fingerprint density at radius 3 is 2.90 bits per heavy atom. The van der Waals surface area contributed by atoms with Gasteiger partial charge in [-0.25, -0.2) is 0 Å². The summed E-state index contributed by atoms with van der Waals surface area (Å²) in [6, 6.07) is 6.82. The summed E-state index contributed by atoms with van der Waals surface area (Å²) < 4.78 is 27.9. The molecule has 0 radical (unpaired) electrons. The molecule has 2 aliphatic rings. The highest BCUT2D eigenvalue weighted by molar-refractivity contribution is 7.90. The number of benzene rings is 1. The van der Waals surface area contributed by atoms with Gasteiger partial charge in [0.2, 0.25) is 0 Å². The van der Waals surface area contributed by atoms with Crippen LogP contribution >= 0.6 is 0 Å². The fraction of sp³-hybridized carbons (Fsp3) is 0.429. The molecular weight excluding hydrogens is 292 g/mol. The Labute approximate surface area is 123 Å². The highest BCUT2D eigenvalue weighted by Gasteiger charge is 2.34. The summed E-state index contributed by atoms with van der Waals surface area (Å²) in [4.78, 5) is 12.8. The average molecular weight is 308 g/mol. The van der Waals surface area contributed by atoms with E-state index in [1.54, 1.807) is 24.3 Å². The molecule has 1 atom stereocenters. The number of hydrogen-bond donors (Lipinski definition) is 1. The number of nitrogens with zero attached hydrogens (tertiary/aromatic N) is 2. The number of carbonyl (C=O) groups is 1. The highest BCUT2D eigenvalue weighted by Crippen LogP contribution is 2.30. The molecule has 0 amide bonds. The number of hydrogen-bond acceptors (Lipinski definition) is 4. The lowest BCUT2D eigenvalue weighted by Gasteiger charge is -2.18. The molecule has 1 aromatic carbocycles. The molecule has 7 heteroatoms. The van der Waals surface area contributed by atoms with E-state index in [9.17, 15) is 13.2 Å². The zero-order valence-electron chi connectivity index (χ0n) is 11.4. The number of aliphatic carboxylic acids is 1. The molecule has 0 saturated carbocycles. The fourth-order valence-corrected chi connectivity index (χ4v) is 4.13. The molecule has 1 saturated heterocycles. The number of amidine groups is 1. The van der Waals surface area contributed by atoms with Crippen LogP contribution in [0.25, 0.3) is 0 Å². The first-order valence-corrected chi connectivity index (χ1v) is 8.32. The Morgan fingerprint density at radius 2 is 2.14 bits per heavy atom. The molecule has 1 fully saturated rings. The monoisotopic (exact) mass is 308 g/mol. The summed E-state index contributed by atoms with van der Waals surface area (Å²) >= 11 is 0. The van der Waals surface area contributed by atoms with Crippen LogP contribution in [0.15, 0.2) is 33.6 Å². The third-order valence-corrected chi connectivity index (χ3v) is 5.29. The number of likely N-dealkylation sites (tertiary alicyclic amines) is 1. The van der Waals surface area contributed by atoms with E-state index in [4.69, 9.17) is 5.11 Å². The third-order valence-electron chi connectivity index (χ3n) is 3.96. The normalized spacial score (nSPS) is 23.0. The van der Waals surface area contributed by atoms with Crippen molar-refractivity contribution in [3.05, 3.63) is 29.8 Å². The predicted octanol–water partition coefficient (Wildman–Crippen LogP) is 1.32. The van der Waals surface area contributed by atoms with E-state index in [0.717, 1.165) is 6.42 Å². The number of carboxylic acids is 1. The number of sulfonamides is 1. The molecule has 0 aliphatic carbocycles. The quantitative estimate of drug-likeness (QED) is 0.910. The maximum Gasteiger partial charge on any atom is 0.303 e. The van der Waals surface area contributed by atoms with E-state index >= 15 is 0 Å². The number of carboxylic acid groups (broad SMARTS) is 1. The van der Waals surface area contributed by atoms with E-state index in [0.29, 0.717) is 30.9 Å². The lowest BCUT2D eigenvalue weighted by atomic mass is 10.0. The van der Waals surface area contributed by atoms with Gasteiger partial charge in [-0.15, -0.1) is 4.40 Å². The second kappa shape index (κ2) is 5.14. The predicted molar refractivity (Wildman–Crippen MR) is 76.7 cm³/mol. The van der Waals surface area contributed by atoms with Gasteiger partial charge in [-0.1, -0.05) is 12.1 Å². The van der Waals surface area contributed by atoms with Gasteiger partial charge in [0, 0.05) is 25.1 Å². The van der Waals surface area contributed by atoms with Crippen molar-refractivity contribution < 1.29 is 18.3 Å². The molecule has 0 spiro atoms. The first-order valence-electron chi connectivity index (χ1n) is 6.88. The van der Waals surface area contributed by atoms with E-state index < -0.39 is 16.0 Å². The summed E-state index contributed by atoms with van der Waals surface area (Å²) in [5.41, 5.74) is 0.649. The second-order valence-electron chi connectivity index (χ2n) is 5.42. The van der Waals surface area contributed by atoms with Crippen LogP contribution in [0.4, 0.5) is 0 Å². The summed E-state index contributed by atoms with van der Waals surface area (Å²) in [5, 5.41) is 8.73. The molecule has 21 heavy (non-hydrogen) atoms. The molecule has 1 aromatic rings. The fourth-order valence-electron chi connectivity index (χ4n) is 2.90. The Balaban J connectivity index is 1.79. The van der Waals surface area contributed by atoms with Crippen LogP contribution < -0.4 is 0 Å². The minimum Gasteiger partial charge on any atom is -0.481 e. The maximum atomic E-state index is 12.0. The first-order chi connectivity index (χ1) is 9.97. The van der Waals surface area contributed by atoms with Gasteiger partial charge < -0.3 is 10.0 Å². The lowest BCUT2D eigenvalue weighted by molar-refractivity contribution is -0.137. The molecule has 2 aliphatic heterocycles. The lowest BCUT2D eigenvalue weighted by Crippen LogP contribution is -2.28. The zero-order valence-corrected chi connectivity index (χ0v) is 12.2. The minimum atomic E-state index is -3.58. The molecule has 1 N–H and O–H groups in total. The van der Waals surface area contributed by atoms with Crippen molar-refractivity contribution in [3.8, 4) is 0 Å². The molecule has 0 bridgehead atoms. The van der Waals surface area contributed by atoms with Gasteiger partial charge in [0.15, 0.2) is 5.84 Å². The molecular formula is C14H16N2O4S. The topological polar surface area (TPSA) is 87.0 Å². The van der Waals surface area contributed by atoms with Crippen LogP contribution in [0.3, 0.4) is 0 Å². The van der Waals surface area contributed by atoms with Gasteiger partial charge in [-0.2, -0.15) is 8.42 Å². The molecule has 112 valence electrons. The number of rotatable bonds is 3. The molecule has 6 nitrogen and oxygen atoms in total. The Morgan fingerprint density at radius 1 is 1.38 bits per heavy atom. The second-order valence-corrected chi connectivity index (χ2v) is 6.99. The van der Waals surface area contributed by atoms with Gasteiger partial charge in [0.25, 0.3) is 10.0 Å². The van der Waals surface area contributed by atoms with Gasteiger partial charge in [0.05, 0.1) is 0 Å². The summed E-state index contributed by atoms with van der Waals surface area (Å²) in [5.74, 6) is -0.0118. The van der Waals surface area contributed by atoms with Crippen molar-refractivity contribution >= 4 is 21.8 Å². The molecule has 3 rings (SSSR count). The summed E-state index contributed by atoms with van der Waals surface area (Å²) in [6.45, 7) is 1.38. The van der Waals surface area contributed by atoms with Gasteiger partial charge in [-0.3, -0.25) is 4.79 Å². The molecule has 0 aromatic heterocycles. The minimum absolute atomic E-state index is 0.153.